The fourth-order valence-corrected chi connectivity index (χ4v) is 2.33. The zero-order valence-electron chi connectivity index (χ0n) is 16.2. The van der Waals surface area contributed by atoms with Gasteiger partial charge in [0.05, 0.1) is 6.61 Å². The van der Waals surface area contributed by atoms with Crippen LogP contribution in [-0.2, 0) is 13.0 Å². The molecule has 1 aromatic carbocycles. The number of halogens is 2. The van der Waals surface area contributed by atoms with Crippen LogP contribution in [0.25, 0.3) is 0 Å². The number of rotatable bonds is 10. The molecule has 0 aliphatic heterocycles. The molecule has 0 unspecified atom stereocenters. The maximum Gasteiger partial charge on any atom is 0.387 e. The van der Waals surface area contributed by atoms with E-state index < -0.39 is 6.61 Å². The monoisotopic (exact) mass is 397 g/mol. The lowest BCUT2D eigenvalue weighted by Crippen LogP contribution is -2.38. The molecule has 0 saturated carbocycles. The van der Waals surface area contributed by atoms with E-state index in [9.17, 15) is 8.78 Å². The zero-order chi connectivity index (χ0) is 20.4. The molecule has 0 spiro atoms. The second kappa shape index (κ2) is 11.1. The van der Waals surface area contributed by atoms with Crippen LogP contribution >= 0.6 is 0 Å². The minimum absolute atomic E-state index is 0.0629. The maximum atomic E-state index is 12.7. The minimum Gasteiger partial charge on any atom is -0.493 e. The van der Waals surface area contributed by atoms with Crippen molar-refractivity contribution in [2.24, 2.45) is 4.99 Å². The molecule has 0 fully saturated rings. The van der Waals surface area contributed by atoms with Crippen molar-refractivity contribution < 1.29 is 22.8 Å². The van der Waals surface area contributed by atoms with E-state index in [0.717, 1.165) is 6.42 Å². The number of nitrogens with zero attached hydrogens (tertiary/aromatic N) is 3. The Kier molecular flexibility index (Phi) is 8.44. The number of guanidine groups is 1. The van der Waals surface area contributed by atoms with Gasteiger partial charge in [-0.25, -0.2) is 0 Å². The van der Waals surface area contributed by atoms with Crippen molar-refractivity contribution in [3.63, 3.8) is 0 Å². The molecular weight excluding hydrogens is 372 g/mol. The summed E-state index contributed by atoms with van der Waals surface area (Å²) in [5, 5.41) is 9.88. The van der Waals surface area contributed by atoms with Gasteiger partial charge >= 0.3 is 6.61 Å². The van der Waals surface area contributed by atoms with Gasteiger partial charge < -0.3 is 24.6 Å². The smallest absolute Gasteiger partial charge is 0.387 e. The van der Waals surface area contributed by atoms with Crippen LogP contribution in [0.2, 0.25) is 0 Å². The number of aryl methyl sites for hydroxylation is 1. The van der Waals surface area contributed by atoms with E-state index in [1.807, 2.05) is 6.92 Å². The molecule has 28 heavy (non-hydrogen) atoms. The van der Waals surface area contributed by atoms with Crippen molar-refractivity contribution in [3.05, 3.63) is 35.5 Å². The first kappa shape index (κ1) is 21.4. The van der Waals surface area contributed by atoms with E-state index in [4.69, 9.17) is 9.26 Å². The molecule has 0 amide bonds. The second-order valence-electron chi connectivity index (χ2n) is 5.83. The first-order chi connectivity index (χ1) is 13.5. The molecule has 2 rings (SSSR count). The van der Waals surface area contributed by atoms with Crippen molar-refractivity contribution in [2.45, 2.75) is 39.8 Å². The van der Waals surface area contributed by atoms with Crippen LogP contribution in [0.3, 0.4) is 0 Å². The van der Waals surface area contributed by atoms with Gasteiger partial charge in [0.1, 0.15) is 11.5 Å². The SMILES string of the molecule is CCCOc1ccc(CNC(=NC)NCCc2nc(C)no2)c(OC(F)F)c1. The van der Waals surface area contributed by atoms with E-state index in [1.165, 1.54) is 6.07 Å². The van der Waals surface area contributed by atoms with Gasteiger partial charge in [0.25, 0.3) is 0 Å². The third kappa shape index (κ3) is 7.01. The molecule has 0 atom stereocenters. The third-order valence-electron chi connectivity index (χ3n) is 3.60. The predicted molar refractivity (Wildman–Crippen MR) is 99.8 cm³/mol. The summed E-state index contributed by atoms with van der Waals surface area (Å²) in [6, 6.07) is 4.87. The summed E-state index contributed by atoms with van der Waals surface area (Å²) in [7, 11) is 1.62. The van der Waals surface area contributed by atoms with Gasteiger partial charge in [-0.1, -0.05) is 12.1 Å². The molecule has 154 valence electrons. The lowest BCUT2D eigenvalue weighted by molar-refractivity contribution is -0.0505. The van der Waals surface area contributed by atoms with Gasteiger partial charge in [-0.15, -0.1) is 0 Å². The van der Waals surface area contributed by atoms with E-state index in [-0.39, 0.29) is 12.3 Å². The number of aromatic nitrogens is 2. The maximum absolute atomic E-state index is 12.7. The van der Waals surface area contributed by atoms with Crippen LogP contribution in [0, 0.1) is 6.92 Å². The average molecular weight is 397 g/mol. The summed E-state index contributed by atoms with van der Waals surface area (Å²) in [5.74, 6) is 2.16. The number of hydrogen-bond donors (Lipinski definition) is 2. The van der Waals surface area contributed by atoms with E-state index in [1.54, 1.807) is 26.1 Å². The van der Waals surface area contributed by atoms with Gasteiger partial charge in [-0.3, -0.25) is 4.99 Å². The summed E-state index contributed by atoms with van der Waals surface area (Å²) in [6.07, 6.45) is 1.35. The molecule has 2 aromatic rings. The number of alkyl halides is 2. The Balaban J connectivity index is 1.92. The van der Waals surface area contributed by atoms with Gasteiger partial charge in [-0.2, -0.15) is 13.8 Å². The van der Waals surface area contributed by atoms with Crippen molar-refractivity contribution in [3.8, 4) is 11.5 Å². The van der Waals surface area contributed by atoms with E-state index in [0.29, 0.717) is 48.6 Å². The van der Waals surface area contributed by atoms with Crippen LogP contribution < -0.4 is 20.1 Å². The molecule has 0 bridgehead atoms. The van der Waals surface area contributed by atoms with Gasteiger partial charge in [0, 0.05) is 38.2 Å². The summed E-state index contributed by atoms with van der Waals surface area (Å²) >= 11 is 0. The molecule has 2 N–H and O–H groups in total. The Morgan fingerprint density at radius 2 is 2.14 bits per heavy atom. The number of benzene rings is 1. The van der Waals surface area contributed by atoms with Gasteiger partial charge in [-0.05, 0) is 25.5 Å². The Morgan fingerprint density at radius 3 is 2.79 bits per heavy atom. The standard InChI is InChI=1S/C18H25F2N5O3/c1-4-9-26-14-6-5-13(15(10-14)27-17(19)20)11-23-18(21-3)22-8-7-16-24-12(2)25-28-16/h5-6,10,17H,4,7-9,11H2,1-3H3,(H2,21,22,23). The molecule has 0 saturated heterocycles. The molecule has 10 heteroatoms. The number of nitrogens with one attached hydrogen (secondary N) is 2. The predicted octanol–water partition coefficient (Wildman–Crippen LogP) is 2.68. The molecule has 0 aliphatic rings. The highest BCUT2D eigenvalue weighted by atomic mass is 19.3. The lowest BCUT2D eigenvalue weighted by Gasteiger charge is -2.15. The van der Waals surface area contributed by atoms with Crippen molar-refractivity contribution >= 4 is 5.96 Å². The topological polar surface area (TPSA) is 93.8 Å². The largest absolute Gasteiger partial charge is 0.493 e. The Labute approximate surface area is 162 Å². The van der Waals surface area contributed by atoms with Crippen LogP contribution in [0.5, 0.6) is 11.5 Å². The molecule has 1 aromatic heterocycles. The number of hydrogen-bond acceptors (Lipinski definition) is 6. The molecular formula is C18H25F2N5O3. The molecule has 0 radical (unpaired) electrons. The van der Waals surface area contributed by atoms with Gasteiger partial charge in [0.15, 0.2) is 11.8 Å². The Morgan fingerprint density at radius 1 is 1.32 bits per heavy atom. The van der Waals surface area contributed by atoms with E-state index >= 15 is 0 Å². The Bertz CT molecular complexity index is 767. The van der Waals surface area contributed by atoms with E-state index in [2.05, 4.69) is 30.5 Å². The molecule has 1 heterocycles. The first-order valence-electron chi connectivity index (χ1n) is 8.96. The first-order valence-corrected chi connectivity index (χ1v) is 8.96. The number of ether oxygens (including phenoxy) is 2. The fourth-order valence-electron chi connectivity index (χ4n) is 2.33. The van der Waals surface area contributed by atoms with Crippen LogP contribution in [0.4, 0.5) is 8.78 Å². The van der Waals surface area contributed by atoms with Gasteiger partial charge in [0.2, 0.25) is 5.89 Å². The highest BCUT2D eigenvalue weighted by Gasteiger charge is 2.12. The quantitative estimate of drug-likeness (QED) is 0.470. The van der Waals surface area contributed by atoms with Crippen molar-refractivity contribution in [1.82, 2.24) is 20.8 Å². The lowest BCUT2D eigenvalue weighted by atomic mass is 10.2. The fraction of sp³-hybridized carbons (Fsp3) is 0.500. The zero-order valence-corrected chi connectivity index (χ0v) is 16.2. The average Bonchev–Trinajstić information content (AvgIpc) is 3.08. The number of aliphatic imine (C=N–C) groups is 1. The van der Waals surface area contributed by atoms with Crippen molar-refractivity contribution in [2.75, 3.05) is 20.2 Å². The van der Waals surface area contributed by atoms with Crippen LogP contribution in [0.15, 0.2) is 27.7 Å². The highest BCUT2D eigenvalue weighted by molar-refractivity contribution is 5.79. The normalized spacial score (nSPS) is 11.6. The van der Waals surface area contributed by atoms with Crippen LogP contribution in [0.1, 0.15) is 30.6 Å². The van der Waals surface area contributed by atoms with Crippen LogP contribution in [-0.4, -0.2) is 42.9 Å². The summed E-state index contributed by atoms with van der Waals surface area (Å²) < 4.78 is 40.6. The summed E-state index contributed by atoms with van der Waals surface area (Å²) in [4.78, 5) is 8.22. The summed E-state index contributed by atoms with van der Waals surface area (Å²) in [5.41, 5.74) is 0.555. The second-order valence-corrected chi connectivity index (χ2v) is 5.83. The Hall–Kier alpha value is -2.91. The molecule has 0 aliphatic carbocycles. The van der Waals surface area contributed by atoms with Crippen molar-refractivity contribution in [1.29, 1.82) is 0 Å². The molecule has 8 nitrogen and oxygen atoms in total. The highest BCUT2D eigenvalue weighted by Crippen LogP contribution is 2.26. The minimum atomic E-state index is -2.92. The summed E-state index contributed by atoms with van der Waals surface area (Å²) in [6.45, 7) is 2.06. The third-order valence-corrected chi connectivity index (χ3v) is 3.60.